The van der Waals surface area contributed by atoms with E-state index in [0.29, 0.717) is 5.92 Å². The van der Waals surface area contributed by atoms with E-state index in [0.717, 1.165) is 34.5 Å². The molecule has 0 spiro atoms. The first kappa shape index (κ1) is 16.9. The van der Waals surface area contributed by atoms with Crippen LogP contribution in [0.15, 0.2) is 36.4 Å². The summed E-state index contributed by atoms with van der Waals surface area (Å²) in [6.07, 6.45) is 4.09. The quantitative estimate of drug-likeness (QED) is 0.847. The number of hydrogen-bond acceptors (Lipinski definition) is 2. The van der Waals surface area contributed by atoms with Gasteiger partial charge < -0.3 is 5.73 Å². The summed E-state index contributed by atoms with van der Waals surface area (Å²) in [5, 5.41) is 0. The van der Waals surface area contributed by atoms with Gasteiger partial charge in [-0.25, -0.2) is 0 Å². The first-order chi connectivity index (χ1) is 10.9. The minimum atomic E-state index is -0.453. The minimum Gasteiger partial charge on any atom is -0.366 e. The van der Waals surface area contributed by atoms with Crippen molar-refractivity contribution >= 4 is 12.0 Å². The molecule has 0 aliphatic carbocycles. The van der Waals surface area contributed by atoms with E-state index in [1.807, 2.05) is 6.92 Å². The fourth-order valence-electron chi connectivity index (χ4n) is 2.62. The number of amides is 1. The summed E-state index contributed by atoms with van der Waals surface area (Å²) in [6, 6.07) is 10.5. The Morgan fingerprint density at radius 3 is 2.43 bits per heavy atom. The van der Waals surface area contributed by atoms with E-state index in [1.165, 1.54) is 11.6 Å². The van der Waals surface area contributed by atoms with E-state index in [4.69, 9.17) is 10.7 Å². The van der Waals surface area contributed by atoms with Crippen LogP contribution in [0.4, 0.5) is 0 Å². The van der Waals surface area contributed by atoms with Crippen LogP contribution < -0.4 is 5.73 Å². The highest BCUT2D eigenvalue weighted by Crippen LogP contribution is 2.28. The number of aryl methyl sites for hydroxylation is 2. The molecule has 0 aliphatic heterocycles. The molecule has 0 atom stereocenters. The van der Waals surface area contributed by atoms with Crippen LogP contribution in [0.2, 0.25) is 0 Å². The zero-order valence-electron chi connectivity index (χ0n) is 14.3. The van der Waals surface area contributed by atoms with Crippen LogP contribution >= 0.6 is 0 Å². The zero-order chi connectivity index (χ0) is 17.0. The van der Waals surface area contributed by atoms with Gasteiger partial charge in [-0.15, -0.1) is 0 Å². The van der Waals surface area contributed by atoms with Gasteiger partial charge in [0, 0.05) is 23.0 Å². The molecule has 1 aromatic heterocycles. The van der Waals surface area contributed by atoms with E-state index >= 15 is 0 Å². The number of hydrogen-bond donors (Lipinski definition) is 1. The van der Waals surface area contributed by atoms with E-state index < -0.39 is 5.91 Å². The molecule has 3 heteroatoms. The van der Waals surface area contributed by atoms with Gasteiger partial charge >= 0.3 is 0 Å². The molecule has 2 aromatic rings. The zero-order valence-corrected chi connectivity index (χ0v) is 14.3. The van der Waals surface area contributed by atoms with Crippen molar-refractivity contribution in [1.82, 2.24) is 4.98 Å². The van der Waals surface area contributed by atoms with Crippen LogP contribution in [0.1, 0.15) is 36.4 Å². The fourth-order valence-corrected chi connectivity index (χ4v) is 2.62. The summed E-state index contributed by atoms with van der Waals surface area (Å²) in [4.78, 5) is 15.8. The maximum Gasteiger partial charge on any atom is 0.241 e. The topological polar surface area (TPSA) is 56.0 Å². The SMILES string of the molecule is Cc1ccc(-c2cc(CC(C)C)nc(C)c2/C=C/C(N)=O)cc1. The van der Waals surface area contributed by atoms with Gasteiger partial charge in [-0.3, -0.25) is 9.78 Å². The molecule has 3 nitrogen and oxygen atoms in total. The third kappa shape index (κ3) is 4.52. The third-order valence-corrected chi connectivity index (χ3v) is 3.70. The third-order valence-electron chi connectivity index (χ3n) is 3.70. The summed E-state index contributed by atoms with van der Waals surface area (Å²) in [6.45, 7) is 8.41. The maximum absolute atomic E-state index is 11.1. The van der Waals surface area contributed by atoms with Gasteiger partial charge in [0.25, 0.3) is 0 Å². The molecule has 0 saturated heterocycles. The lowest BCUT2D eigenvalue weighted by Crippen LogP contribution is -2.06. The lowest BCUT2D eigenvalue weighted by atomic mass is 9.95. The Kier molecular flexibility index (Phi) is 5.32. The number of nitrogens with zero attached hydrogens (tertiary/aromatic N) is 1. The van der Waals surface area contributed by atoms with Gasteiger partial charge in [-0.1, -0.05) is 43.7 Å². The standard InChI is InChI=1S/C20H24N2O/c1-13(2)11-17-12-19(16-7-5-14(3)6-8-16)18(15(4)22-17)9-10-20(21)23/h5-10,12-13H,11H2,1-4H3,(H2,21,23)/b10-9+. The largest absolute Gasteiger partial charge is 0.366 e. The smallest absolute Gasteiger partial charge is 0.241 e. The number of pyridine rings is 1. The van der Waals surface area contributed by atoms with Crippen molar-refractivity contribution in [2.24, 2.45) is 11.7 Å². The van der Waals surface area contributed by atoms with Gasteiger partial charge in [0.2, 0.25) is 5.91 Å². The highest BCUT2D eigenvalue weighted by atomic mass is 16.1. The molecule has 23 heavy (non-hydrogen) atoms. The summed E-state index contributed by atoms with van der Waals surface area (Å²) < 4.78 is 0. The van der Waals surface area contributed by atoms with Gasteiger partial charge in [0.15, 0.2) is 0 Å². The van der Waals surface area contributed by atoms with Crippen LogP contribution in [0.25, 0.3) is 17.2 Å². The number of primary amides is 1. The van der Waals surface area contributed by atoms with Crippen LogP contribution in [0.5, 0.6) is 0 Å². The lowest BCUT2D eigenvalue weighted by molar-refractivity contribution is -0.113. The van der Waals surface area contributed by atoms with E-state index in [2.05, 4.69) is 51.1 Å². The summed E-state index contributed by atoms with van der Waals surface area (Å²) in [5.41, 5.74) is 11.6. The average molecular weight is 308 g/mol. The monoisotopic (exact) mass is 308 g/mol. The van der Waals surface area contributed by atoms with Gasteiger partial charge in [0.05, 0.1) is 0 Å². The first-order valence-corrected chi connectivity index (χ1v) is 7.92. The molecule has 120 valence electrons. The van der Waals surface area contributed by atoms with E-state index in [-0.39, 0.29) is 0 Å². The highest BCUT2D eigenvalue weighted by Gasteiger charge is 2.11. The fraction of sp³-hybridized carbons (Fsp3) is 0.300. The maximum atomic E-state index is 11.1. The molecule has 0 aliphatic rings. The number of benzene rings is 1. The molecular weight excluding hydrogens is 284 g/mol. The average Bonchev–Trinajstić information content (AvgIpc) is 2.45. The molecule has 0 fully saturated rings. The Hall–Kier alpha value is -2.42. The van der Waals surface area contributed by atoms with Gasteiger partial charge in [-0.2, -0.15) is 0 Å². The van der Waals surface area contributed by atoms with Crippen molar-refractivity contribution < 1.29 is 4.79 Å². The van der Waals surface area contributed by atoms with Crippen molar-refractivity contribution in [3.05, 3.63) is 58.9 Å². The van der Waals surface area contributed by atoms with Crippen LogP contribution in [0.3, 0.4) is 0 Å². The molecule has 0 unspecified atom stereocenters. The Morgan fingerprint density at radius 2 is 1.87 bits per heavy atom. The molecule has 0 bridgehead atoms. The minimum absolute atomic E-state index is 0.453. The number of aromatic nitrogens is 1. The van der Waals surface area contributed by atoms with Crippen LogP contribution in [0, 0.1) is 19.8 Å². The normalized spacial score (nSPS) is 11.3. The molecule has 1 amide bonds. The number of nitrogens with two attached hydrogens (primary N) is 1. The van der Waals surface area contributed by atoms with Crippen LogP contribution in [-0.4, -0.2) is 10.9 Å². The van der Waals surface area contributed by atoms with E-state index in [9.17, 15) is 4.79 Å². The number of rotatable bonds is 5. The Morgan fingerprint density at radius 1 is 1.22 bits per heavy atom. The predicted molar refractivity (Wildman–Crippen MR) is 95.9 cm³/mol. The second-order valence-corrected chi connectivity index (χ2v) is 6.36. The van der Waals surface area contributed by atoms with Crippen molar-refractivity contribution in [2.45, 2.75) is 34.1 Å². The molecule has 2 N–H and O–H groups in total. The summed E-state index contributed by atoms with van der Waals surface area (Å²) in [5.74, 6) is 0.0882. The molecule has 1 heterocycles. The van der Waals surface area contributed by atoms with Crippen molar-refractivity contribution in [1.29, 1.82) is 0 Å². The second-order valence-electron chi connectivity index (χ2n) is 6.36. The molecule has 0 radical (unpaired) electrons. The Bertz CT molecular complexity index is 728. The summed E-state index contributed by atoms with van der Waals surface area (Å²) >= 11 is 0. The van der Waals surface area contributed by atoms with Crippen molar-refractivity contribution in [2.75, 3.05) is 0 Å². The summed E-state index contributed by atoms with van der Waals surface area (Å²) in [7, 11) is 0. The van der Waals surface area contributed by atoms with E-state index in [1.54, 1.807) is 6.08 Å². The molecule has 0 saturated carbocycles. The second kappa shape index (κ2) is 7.23. The van der Waals surface area contributed by atoms with Crippen molar-refractivity contribution in [3.8, 4) is 11.1 Å². The first-order valence-electron chi connectivity index (χ1n) is 7.92. The highest BCUT2D eigenvalue weighted by molar-refractivity contribution is 5.92. The molecule has 1 aromatic carbocycles. The predicted octanol–water partition coefficient (Wildman–Crippen LogP) is 4.06. The van der Waals surface area contributed by atoms with Gasteiger partial charge in [0.1, 0.15) is 0 Å². The Balaban J connectivity index is 2.60. The Labute approximate surface area is 138 Å². The van der Waals surface area contributed by atoms with Gasteiger partial charge in [-0.05, 0) is 49.5 Å². The molecule has 2 rings (SSSR count). The van der Waals surface area contributed by atoms with Crippen LogP contribution in [-0.2, 0) is 11.2 Å². The number of carbonyl (C=O) groups is 1. The number of carbonyl (C=O) groups excluding carboxylic acids is 1. The van der Waals surface area contributed by atoms with Crippen molar-refractivity contribution in [3.63, 3.8) is 0 Å². The lowest BCUT2D eigenvalue weighted by Gasteiger charge is -2.14. The molecular formula is C20H24N2O.